The average molecular weight is 450 g/mol. The third-order valence-electron chi connectivity index (χ3n) is 5.60. The van der Waals surface area contributed by atoms with Gasteiger partial charge in [-0.3, -0.25) is 0 Å². The molecular weight excluding hydrogens is 429 g/mol. The highest BCUT2D eigenvalue weighted by Crippen LogP contribution is 2.53. The Morgan fingerprint density at radius 1 is 0.839 bits per heavy atom. The maximum Gasteiger partial charge on any atom is 0.241 e. The van der Waals surface area contributed by atoms with Gasteiger partial charge in [0.25, 0.3) is 0 Å². The third-order valence-corrected chi connectivity index (χ3v) is 8.38. The number of benzene rings is 4. The Kier molecular flexibility index (Phi) is 5.08. The van der Waals surface area contributed by atoms with Crippen molar-refractivity contribution in [2.24, 2.45) is 0 Å². The van der Waals surface area contributed by atoms with Crippen LogP contribution >= 0.6 is 11.8 Å². The van der Waals surface area contributed by atoms with Crippen molar-refractivity contribution < 1.29 is 12.8 Å². The number of hydrogen-bond donors (Lipinski definition) is 1. The second-order valence-corrected chi connectivity index (χ2v) is 10.6. The highest BCUT2D eigenvalue weighted by molar-refractivity contribution is 7.99. The summed E-state index contributed by atoms with van der Waals surface area (Å²) in [6.45, 7) is 1.92. The molecule has 31 heavy (non-hydrogen) atoms. The van der Waals surface area contributed by atoms with E-state index in [2.05, 4.69) is 4.72 Å². The Labute approximate surface area is 185 Å². The number of sulfonamides is 1. The number of halogens is 1. The fourth-order valence-corrected chi connectivity index (χ4v) is 6.68. The maximum absolute atomic E-state index is 13.4. The minimum absolute atomic E-state index is 0.174. The molecule has 4 aromatic carbocycles. The van der Waals surface area contributed by atoms with Gasteiger partial charge in [0.05, 0.1) is 16.2 Å². The van der Waals surface area contributed by atoms with Gasteiger partial charge in [0.2, 0.25) is 10.0 Å². The van der Waals surface area contributed by atoms with Crippen LogP contribution < -0.4 is 4.72 Å². The van der Waals surface area contributed by atoms with Gasteiger partial charge in [0.1, 0.15) is 5.82 Å². The molecule has 0 bridgehead atoms. The van der Waals surface area contributed by atoms with Gasteiger partial charge in [-0.15, -0.1) is 11.8 Å². The first-order valence-corrected chi connectivity index (χ1v) is 12.3. The Morgan fingerprint density at radius 2 is 1.48 bits per heavy atom. The van der Waals surface area contributed by atoms with E-state index in [9.17, 15) is 12.8 Å². The molecule has 156 valence electrons. The minimum atomic E-state index is -3.73. The van der Waals surface area contributed by atoms with Crippen LogP contribution in [0.5, 0.6) is 0 Å². The molecular formula is C25H20FNO2S2. The minimum Gasteiger partial charge on any atom is -0.207 e. The molecule has 6 heteroatoms. The van der Waals surface area contributed by atoms with Crippen LogP contribution in [0.3, 0.4) is 0 Å². The second kappa shape index (κ2) is 7.79. The highest BCUT2D eigenvalue weighted by Gasteiger charge is 2.37. The first-order chi connectivity index (χ1) is 14.9. The lowest BCUT2D eigenvalue weighted by atomic mass is 10.1. The van der Waals surface area contributed by atoms with E-state index in [1.165, 1.54) is 12.1 Å². The predicted molar refractivity (Wildman–Crippen MR) is 123 cm³/mol. The molecule has 0 aromatic heterocycles. The van der Waals surface area contributed by atoms with Gasteiger partial charge in [0, 0.05) is 4.90 Å². The number of aryl methyl sites for hydroxylation is 1. The van der Waals surface area contributed by atoms with Gasteiger partial charge in [-0.2, -0.15) is 0 Å². The van der Waals surface area contributed by atoms with Crippen LogP contribution in [0.15, 0.2) is 94.7 Å². The van der Waals surface area contributed by atoms with Gasteiger partial charge < -0.3 is 0 Å². The summed E-state index contributed by atoms with van der Waals surface area (Å²) in [4.78, 5) is 1.13. The zero-order valence-corrected chi connectivity index (χ0v) is 18.4. The van der Waals surface area contributed by atoms with E-state index in [4.69, 9.17) is 0 Å². The van der Waals surface area contributed by atoms with Crippen molar-refractivity contribution in [1.82, 2.24) is 4.72 Å². The van der Waals surface area contributed by atoms with Gasteiger partial charge >= 0.3 is 0 Å². The van der Waals surface area contributed by atoms with Crippen LogP contribution in [0.1, 0.15) is 28.0 Å². The van der Waals surface area contributed by atoms with E-state index in [1.807, 2.05) is 43.3 Å². The van der Waals surface area contributed by atoms with Crippen LogP contribution in [0.2, 0.25) is 0 Å². The van der Waals surface area contributed by atoms with Crippen LogP contribution in [-0.4, -0.2) is 8.42 Å². The van der Waals surface area contributed by atoms with Crippen molar-refractivity contribution in [3.63, 3.8) is 0 Å². The standard InChI is InChI=1S/C25H20FNO2S2/c1-16-8-14-20(15-9-16)31(28,29)27-24-21-6-2-4-17-5-3-7-22(23(17)21)25(24)30-19-12-10-18(26)11-13-19/h2-15,24-25,27H,1H3. The van der Waals surface area contributed by atoms with Gasteiger partial charge in [-0.1, -0.05) is 54.1 Å². The third kappa shape index (κ3) is 3.76. The average Bonchev–Trinajstić information content (AvgIpc) is 3.04. The molecule has 0 fully saturated rings. The van der Waals surface area contributed by atoms with Crippen molar-refractivity contribution in [2.75, 3.05) is 0 Å². The molecule has 1 aliphatic carbocycles. The highest BCUT2D eigenvalue weighted by atomic mass is 32.2. The summed E-state index contributed by atoms with van der Waals surface area (Å²) >= 11 is 1.54. The Hall–Kier alpha value is -2.67. The predicted octanol–water partition coefficient (Wildman–Crippen LogP) is 6.15. The maximum atomic E-state index is 13.4. The molecule has 0 radical (unpaired) electrons. The lowest BCUT2D eigenvalue weighted by molar-refractivity contribution is 0.557. The molecule has 5 rings (SSSR count). The Morgan fingerprint density at radius 3 is 2.16 bits per heavy atom. The number of thioether (sulfide) groups is 1. The normalized spacial score (nSPS) is 17.9. The number of nitrogens with one attached hydrogen (secondary N) is 1. The van der Waals surface area contributed by atoms with Crippen molar-refractivity contribution >= 4 is 32.6 Å². The first kappa shape index (κ1) is 20.2. The number of rotatable bonds is 5. The van der Waals surface area contributed by atoms with Gasteiger partial charge in [-0.25, -0.2) is 17.5 Å². The fourth-order valence-electron chi connectivity index (χ4n) is 4.11. The smallest absolute Gasteiger partial charge is 0.207 e. The molecule has 0 aliphatic heterocycles. The SMILES string of the molecule is Cc1ccc(S(=O)(=O)NC2c3cccc4cccc(c34)C2Sc2ccc(F)cc2)cc1. The van der Waals surface area contributed by atoms with Crippen LogP contribution in [0, 0.1) is 12.7 Å². The molecule has 1 N–H and O–H groups in total. The van der Waals surface area contributed by atoms with Crippen molar-refractivity contribution in [3.8, 4) is 0 Å². The summed E-state index contributed by atoms with van der Waals surface area (Å²) in [7, 11) is -3.73. The Bertz CT molecular complexity index is 1360. The van der Waals surface area contributed by atoms with E-state index in [0.717, 1.165) is 32.4 Å². The molecule has 1 aliphatic rings. The largest absolute Gasteiger partial charge is 0.241 e. The first-order valence-electron chi connectivity index (χ1n) is 9.95. The summed E-state index contributed by atoms with van der Waals surface area (Å²) in [6, 6.07) is 24.8. The fraction of sp³-hybridized carbons (Fsp3) is 0.120. The summed E-state index contributed by atoms with van der Waals surface area (Å²) in [5, 5.41) is 1.99. The summed E-state index contributed by atoms with van der Waals surface area (Å²) in [5.41, 5.74) is 3.05. The van der Waals surface area contributed by atoms with Crippen LogP contribution in [0.4, 0.5) is 4.39 Å². The van der Waals surface area contributed by atoms with Crippen molar-refractivity contribution in [3.05, 3.63) is 107 Å². The summed E-state index contributed by atoms with van der Waals surface area (Å²) < 4.78 is 42.9. The van der Waals surface area contributed by atoms with Crippen molar-refractivity contribution in [1.29, 1.82) is 0 Å². The number of hydrogen-bond acceptors (Lipinski definition) is 3. The van der Waals surface area contributed by atoms with E-state index < -0.39 is 16.1 Å². The molecule has 2 atom stereocenters. The zero-order valence-electron chi connectivity index (χ0n) is 16.7. The van der Waals surface area contributed by atoms with E-state index in [1.54, 1.807) is 48.2 Å². The molecule has 0 amide bonds. The molecule has 0 saturated carbocycles. The molecule has 4 aromatic rings. The van der Waals surface area contributed by atoms with E-state index in [-0.39, 0.29) is 16.0 Å². The Balaban J connectivity index is 1.58. The quantitative estimate of drug-likeness (QED) is 0.397. The van der Waals surface area contributed by atoms with Gasteiger partial charge in [-0.05, 0) is 65.2 Å². The lowest BCUT2D eigenvalue weighted by Crippen LogP contribution is -2.30. The van der Waals surface area contributed by atoms with Crippen LogP contribution in [-0.2, 0) is 10.0 Å². The molecule has 0 heterocycles. The molecule has 2 unspecified atom stereocenters. The molecule has 0 saturated heterocycles. The van der Waals surface area contributed by atoms with Crippen molar-refractivity contribution in [2.45, 2.75) is 28.0 Å². The summed E-state index contributed by atoms with van der Waals surface area (Å²) in [6.07, 6.45) is 0. The lowest BCUT2D eigenvalue weighted by Gasteiger charge is -2.23. The van der Waals surface area contributed by atoms with E-state index in [0.29, 0.717) is 0 Å². The topological polar surface area (TPSA) is 46.2 Å². The van der Waals surface area contributed by atoms with Crippen LogP contribution in [0.25, 0.3) is 10.8 Å². The summed E-state index contributed by atoms with van der Waals surface area (Å²) in [5.74, 6) is -0.294. The monoisotopic (exact) mass is 449 g/mol. The van der Waals surface area contributed by atoms with E-state index >= 15 is 0 Å². The van der Waals surface area contributed by atoms with Gasteiger partial charge in [0.15, 0.2) is 0 Å². The molecule has 3 nitrogen and oxygen atoms in total. The second-order valence-electron chi connectivity index (χ2n) is 7.70. The zero-order chi connectivity index (χ0) is 21.6. The molecule has 0 spiro atoms.